The highest BCUT2D eigenvalue weighted by Gasteiger charge is 1.96. The molecule has 0 radical (unpaired) electrons. The Labute approximate surface area is 80.8 Å². The minimum absolute atomic E-state index is 0.151. The Hall–Kier alpha value is -0.970. The summed E-state index contributed by atoms with van der Waals surface area (Å²) in [5, 5.41) is 8.67. The van der Waals surface area contributed by atoms with Gasteiger partial charge in [0.1, 0.15) is 4.49 Å². The third-order valence-corrected chi connectivity index (χ3v) is 1.56. The summed E-state index contributed by atoms with van der Waals surface area (Å²) in [5.74, 6) is 0. The lowest BCUT2D eigenvalue weighted by Gasteiger charge is -1.94. The summed E-state index contributed by atoms with van der Waals surface area (Å²) in [5.41, 5.74) is 1.30. The molecule has 60 valence electrons. The van der Waals surface area contributed by atoms with Crippen molar-refractivity contribution in [2.75, 3.05) is 0 Å². The molecule has 1 aromatic rings. The van der Waals surface area contributed by atoms with Crippen LogP contribution < -0.4 is 0 Å². The molecule has 0 fully saturated rings. The zero-order valence-corrected chi connectivity index (χ0v) is 7.60. The van der Waals surface area contributed by atoms with Gasteiger partial charge in [0, 0.05) is 0 Å². The molecule has 0 aliphatic heterocycles. The standard InChI is InChI=1S/C9H5Cl2N/c10-9(11)5-7-3-1-2-4-8(7)6-12/h1-5H. The zero-order valence-electron chi connectivity index (χ0n) is 6.09. The van der Waals surface area contributed by atoms with Gasteiger partial charge in [-0.2, -0.15) is 5.26 Å². The Bertz CT molecular complexity index is 346. The highest BCUT2D eigenvalue weighted by atomic mass is 35.5. The molecule has 0 aliphatic carbocycles. The first-order chi connectivity index (χ1) is 5.74. The fraction of sp³-hybridized carbons (Fsp3) is 0. The van der Waals surface area contributed by atoms with E-state index in [1.54, 1.807) is 24.3 Å². The largest absolute Gasteiger partial charge is 0.192 e. The van der Waals surface area contributed by atoms with Crippen LogP contribution in [-0.2, 0) is 0 Å². The molecule has 3 heteroatoms. The van der Waals surface area contributed by atoms with E-state index in [0.717, 1.165) is 5.56 Å². The quantitative estimate of drug-likeness (QED) is 0.678. The number of hydrogen-bond donors (Lipinski definition) is 0. The lowest BCUT2D eigenvalue weighted by atomic mass is 10.1. The molecule has 0 saturated carbocycles. The topological polar surface area (TPSA) is 23.8 Å². The van der Waals surface area contributed by atoms with Gasteiger partial charge in [0.2, 0.25) is 0 Å². The molecule has 0 saturated heterocycles. The molecular formula is C9H5Cl2N. The molecule has 1 nitrogen and oxygen atoms in total. The third kappa shape index (κ3) is 2.27. The second-order valence-corrected chi connectivity index (χ2v) is 3.14. The smallest absolute Gasteiger partial charge is 0.107 e. The van der Waals surface area contributed by atoms with Gasteiger partial charge >= 0.3 is 0 Å². The Balaban J connectivity index is 3.17. The minimum atomic E-state index is 0.151. The molecule has 0 amide bonds. The average molecular weight is 198 g/mol. The van der Waals surface area contributed by atoms with Crippen LogP contribution in [0.5, 0.6) is 0 Å². The fourth-order valence-corrected chi connectivity index (χ4v) is 1.08. The summed E-state index contributed by atoms with van der Waals surface area (Å²) in [6.07, 6.45) is 1.54. The SMILES string of the molecule is N#Cc1ccccc1C=C(Cl)Cl. The van der Waals surface area contributed by atoms with Crippen molar-refractivity contribution in [3.05, 3.63) is 39.9 Å². The predicted molar refractivity (Wildman–Crippen MR) is 50.8 cm³/mol. The van der Waals surface area contributed by atoms with Gasteiger partial charge in [-0.1, -0.05) is 41.4 Å². The second-order valence-electron chi connectivity index (χ2n) is 2.13. The summed E-state index contributed by atoms with van der Waals surface area (Å²) in [4.78, 5) is 0. The molecule has 0 atom stereocenters. The van der Waals surface area contributed by atoms with Crippen LogP contribution in [0.4, 0.5) is 0 Å². The van der Waals surface area contributed by atoms with Crippen molar-refractivity contribution < 1.29 is 0 Å². The molecule has 0 unspecified atom stereocenters. The van der Waals surface area contributed by atoms with E-state index >= 15 is 0 Å². The summed E-state index contributed by atoms with van der Waals surface area (Å²) < 4.78 is 0.151. The lowest BCUT2D eigenvalue weighted by Crippen LogP contribution is -1.79. The maximum Gasteiger partial charge on any atom is 0.107 e. The predicted octanol–water partition coefficient (Wildman–Crippen LogP) is 3.33. The van der Waals surface area contributed by atoms with E-state index in [0.29, 0.717) is 5.56 Å². The van der Waals surface area contributed by atoms with E-state index in [-0.39, 0.29) is 4.49 Å². The van der Waals surface area contributed by atoms with Gasteiger partial charge in [-0.05, 0) is 17.7 Å². The van der Waals surface area contributed by atoms with Crippen LogP contribution in [0.2, 0.25) is 0 Å². The van der Waals surface area contributed by atoms with E-state index < -0.39 is 0 Å². The molecule has 12 heavy (non-hydrogen) atoms. The van der Waals surface area contributed by atoms with Gasteiger partial charge in [-0.25, -0.2) is 0 Å². The Kier molecular flexibility index (Phi) is 3.16. The number of benzene rings is 1. The summed E-state index contributed by atoms with van der Waals surface area (Å²) in [6, 6.07) is 9.14. The monoisotopic (exact) mass is 197 g/mol. The van der Waals surface area contributed by atoms with Crippen LogP contribution in [0.3, 0.4) is 0 Å². The Morgan fingerprint density at radius 2 is 2.00 bits per heavy atom. The molecule has 1 rings (SSSR count). The van der Waals surface area contributed by atoms with Gasteiger partial charge in [0.25, 0.3) is 0 Å². The number of halogens is 2. The maximum atomic E-state index is 8.67. The number of rotatable bonds is 1. The molecule has 0 bridgehead atoms. The van der Waals surface area contributed by atoms with Gasteiger partial charge in [0.05, 0.1) is 11.6 Å². The molecule has 0 aromatic heterocycles. The van der Waals surface area contributed by atoms with Gasteiger partial charge < -0.3 is 0 Å². The number of hydrogen-bond acceptors (Lipinski definition) is 1. The maximum absolute atomic E-state index is 8.67. The number of nitrogens with zero attached hydrogens (tertiary/aromatic N) is 1. The summed E-state index contributed by atoms with van der Waals surface area (Å²) >= 11 is 10.9. The van der Waals surface area contributed by atoms with Crippen molar-refractivity contribution in [3.63, 3.8) is 0 Å². The molecule has 0 aliphatic rings. The highest BCUT2D eigenvalue weighted by Crippen LogP contribution is 2.16. The van der Waals surface area contributed by atoms with Crippen molar-refractivity contribution in [2.45, 2.75) is 0 Å². The normalized spacial score (nSPS) is 8.75. The minimum Gasteiger partial charge on any atom is -0.192 e. The first-order valence-electron chi connectivity index (χ1n) is 3.26. The van der Waals surface area contributed by atoms with Crippen molar-refractivity contribution >= 4 is 29.3 Å². The molecule has 0 heterocycles. The van der Waals surface area contributed by atoms with E-state index in [9.17, 15) is 0 Å². The Morgan fingerprint density at radius 1 is 1.33 bits per heavy atom. The van der Waals surface area contributed by atoms with E-state index in [4.69, 9.17) is 28.5 Å². The lowest BCUT2D eigenvalue weighted by molar-refractivity contribution is 1.47. The van der Waals surface area contributed by atoms with Crippen molar-refractivity contribution in [3.8, 4) is 6.07 Å². The summed E-state index contributed by atoms with van der Waals surface area (Å²) in [6.45, 7) is 0. The molecule has 1 aromatic carbocycles. The average Bonchev–Trinajstić information content (AvgIpc) is 2.04. The van der Waals surface area contributed by atoms with Crippen LogP contribution in [0.15, 0.2) is 28.8 Å². The van der Waals surface area contributed by atoms with Crippen molar-refractivity contribution in [1.29, 1.82) is 5.26 Å². The summed E-state index contributed by atoms with van der Waals surface area (Å²) in [7, 11) is 0. The van der Waals surface area contributed by atoms with Crippen LogP contribution in [0.25, 0.3) is 6.08 Å². The van der Waals surface area contributed by atoms with Gasteiger partial charge in [-0.15, -0.1) is 0 Å². The van der Waals surface area contributed by atoms with E-state index in [1.807, 2.05) is 12.1 Å². The van der Waals surface area contributed by atoms with E-state index in [1.165, 1.54) is 0 Å². The highest BCUT2D eigenvalue weighted by molar-refractivity contribution is 6.57. The third-order valence-electron chi connectivity index (χ3n) is 1.35. The first-order valence-corrected chi connectivity index (χ1v) is 4.01. The Morgan fingerprint density at radius 3 is 2.58 bits per heavy atom. The fourth-order valence-electron chi connectivity index (χ4n) is 0.842. The van der Waals surface area contributed by atoms with Crippen LogP contribution in [0.1, 0.15) is 11.1 Å². The van der Waals surface area contributed by atoms with Gasteiger partial charge in [0.15, 0.2) is 0 Å². The van der Waals surface area contributed by atoms with Crippen LogP contribution >= 0.6 is 23.2 Å². The van der Waals surface area contributed by atoms with Crippen molar-refractivity contribution in [1.82, 2.24) is 0 Å². The second kappa shape index (κ2) is 4.15. The van der Waals surface area contributed by atoms with Crippen LogP contribution in [-0.4, -0.2) is 0 Å². The van der Waals surface area contributed by atoms with Crippen LogP contribution in [0, 0.1) is 11.3 Å². The van der Waals surface area contributed by atoms with Gasteiger partial charge in [-0.3, -0.25) is 0 Å². The zero-order chi connectivity index (χ0) is 8.97. The van der Waals surface area contributed by atoms with E-state index in [2.05, 4.69) is 0 Å². The molecular weight excluding hydrogens is 193 g/mol. The van der Waals surface area contributed by atoms with Crippen molar-refractivity contribution in [2.24, 2.45) is 0 Å². The first kappa shape index (κ1) is 9.12. The number of nitriles is 1. The molecule has 0 spiro atoms. The molecule has 0 N–H and O–H groups in total.